The van der Waals surface area contributed by atoms with Gasteiger partial charge in [0.1, 0.15) is 5.01 Å². The first kappa shape index (κ1) is 15.7. The zero-order valence-electron chi connectivity index (χ0n) is 12.6. The number of aryl methyl sites for hydroxylation is 1. The lowest BCUT2D eigenvalue weighted by Crippen LogP contribution is -2.43. The lowest BCUT2D eigenvalue weighted by atomic mass is 10.1. The summed E-state index contributed by atoms with van der Waals surface area (Å²) in [5.74, 6) is 0.0199. The Morgan fingerprint density at radius 2 is 2.00 bits per heavy atom. The second kappa shape index (κ2) is 6.83. The van der Waals surface area contributed by atoms with Crippen molar-refractivity contribution in [1.82, 2.24) is 10.3 Å². The maximum atomic E-state index is 11.9. The number of hydrogen-bond acceptors (Lipinski definition) is 4. The molecule has 0 radical (unpaired) electrons. The van der Waals surface area contributed by atoms with Gasteiger partial charge in [0.15, 0.2) is 0 Å². The summed E-state index contributed by atoms with van der Waals surface area (Å²) in [7, 11) is 0. The van der Waals surface area contributed by atoms with Crippen LogP contribution in [0.3, 0.4) is 0 Å². The third-order valence-electron chi connectivity index (χ3n) is 3.36. The van der Waals surface area contributed by atoms with Gasteiger partial charge in [0.05, 0.1) is 18.3 Å². The number of thiazole rings is 1. The summed E-state index contributed by atoms with van der Waals surface area (Å²) in [6.45, 7) is 6.33. The van der Waals surface area contributed by atoms with Crippen molar-refractivity contribution >= 4 is 17.2 Å². The van der Waals surface area contributed by atoms with Gasteiger partial charge in [-0.05, 0) is 12.8 Å². The van der Waals surface area contributed by atoms with Crippen LogP contribution in [0.4, 0.5) is 0 Å². The maximum Gasteiger partial charge on any atom is 0.237 e. The minimum atomic E-state index is -0.466. The second-order valence-corrected chi connectivity index (χ2v) is 6.46. The van der Waals surface area contributed by atoms with E-state index in [2.05, 4.69) is 10.3 Å². The van der Waals surface area contributed by atoms with E-state index in [9.17, 15) is 4.79 Å². The zero-order valence-corrected chi connectivity index (χ0v) is 13.4. The van der Waals surface area contributed by atoms with Crippen molar-refractivity contribution in [3.8, 4) is 10.6 Å². The Kier molecular flexibility index (Phi) is 5.09. The van der Waals surface area contributed by atoms with E-state index >= 15 is 0 Å². The molecular formula is C16H21N3OS. The molecule has 2 rings (SSSR count). The average Bonchev–Trinajstić information content (AvgIpc) is 2.86. The van der Waals surface area contributed by atoms with Crippen LogP contribution in [-0.2, 0) is 11.3 Å². The molecule has 0 saturated carbocycles. The number of amides is 1. The summed E-state index contributed by atoms with van der Waals surface area (Å²) < 4.78 is 0. The molecule has 2 aromatic rings. The number of aromatic nitrogens is 1. The molecule has 0 bridgehead atoms. The Hall–Kier alpha value is -1.72. The van der Waals surface area contributed by atoms with Crippen LogP contribution in [0.2, 0.25) is 0 Å². The molecule has 1 aromatic carbocycles. The van der Waals surface area contributed by atoms with E-state index in [0.717, 1.165) is 21.1 Å². The molecule has 0 aliphatic carbocycles. The highest BCUT2D eigenvalue weighted by Gasteiger charge is 2.17. The number of nitrogens with one attached hydrogen (secondary N) is 1. The third kappa shape index (κ3) is 3.89. The standard InChI is InChI=1S/C16H21N3OS/c1-10(2)14(17)15(20)18-9-13-11(3)19-16(21-13)12-7-5-4-6-8-12/h4-8,10,14H,9,17H2,1-3H3,(H,18,20)/t14-/m0/s1. The SMILES string of the molecule is Cc1nc(-c2ccccc2)sc1CNC(=O)[C@@H](N)C(C)C. The van der Waals surface area contributed by atoms with Gasteiger partial charge >= 0.3 is 0 Å². The normalized spacial score (nSPS) is 12.4. The van der Waals surface area contributed by atoms with Crippen LogP contribution < -0.4 is 11.1 Å². The molecule has 0 unspecified atom stereocenters. The van der Waals surface area contributed by atoms with Crippen molar-refractivity contribution in [2.75, 3.05) is 0 Å². The molecule has 0 aliphatic heterocycles. The number of carbonyl (C=O) groups excluding carboxylic acids is 1. The van der Waals surface area contributed by atoms with Crippen molar-refractivity contribution in [1.29, 1.82) is 0 Å². The van der Waals surface area contributed by atoms with Crippen molar-refractivity contribution in [2.45, 2.75) is 33.4 Å². The predicted molar refractivity (Wildman–Crippen MR) is 86.9 cm³/mol. The van der Waals surface area contributed by atoms with Gasteiger partial charge in [-0.2, -0.15) is 0 Å². The maximum absolute atomic E-state index is 11.9. The van der Waals surface area contributed by atoms with Crippen LogP contribution in [-0.4, -0.2) is 16.9 Å². The van der Waals surface area contributed by atoms with Gasteiger partial charge in [-0.15, -0.1) is 11.3 Å². The number of hydrogen-bond donors (Lipinski definition) is 2. The summed E-state index contributed by atoms with van der Waals surface area (Å²) in [6.07, 6.45) is 0. The van der Waals surface area contributed by atoms with E-state index in [4.69, 9.17) is 5.73 Å². The quantitative estimate of drug-likeness (QED) is 0.892. The van der Waals surface area contributed by atoms with Gasteiger partial charge in [-0.1, -0.05) is 44.2 Å². The Morgan fingerprint density at radius 3 is 2.62 bits per heavy atom. The van der Waals surface area contributed by atoms with Gasteiger partial charge < -0.3 is 11.1 Å². The predicted octanol–water partition coefficient (Wildman–Crippen LogP) is 2.72. The van der Waals surface area contributed by atoms with E-state index in [0.29, 0.717) is 6.54 Å². The highest BCUT2D eigenvalue weighted by atomic mass is 32.1. The summed E-state index contributed by atoms with van der Waals surface area (Å²) >= 11 is 1.61. The number of benzene rings is 1. The van der Waals surface area contributed by atoms with Gasteiger partial charge in [-0.3, -0.25) is 4.79 Å². The molecule has 21 heavy (non-hydrogen) atoms. The van der Waals surface area contributed by atoms with E-state index in [1.165, 1.54) is 0 Å². The first-order valence-electron chi connectivity index (χ1n) is 7.04. The monoisotopic (exact) mass is 303 g/mol. The van der Waals surface area contributed by atoms with Gasteiger partial charge in [-0.25, -0.2) is 4.98 Å². The minimum absolute atomic E-state index is 0.112. The Bertz CT molecular complexity index is 607. The number of nitrogens with two attached hydrogens (primary N) is 1. The van der Waals surface area contributed by atoms with Crippen molar-refractivity contribution in [3.05, 3.63) is 40.9 Å². The lowest BCUT2D eigenvalue weighted by Gasteiger charge is -2.14. The Labute approximate surface area is 129 Å². The van der Waals surface area contributed by atoms with E-state index in [1.807, 2.05) is 51.1 Å². The van der Waals surface area contributed by atoms with Crippen LogP contribution >= 0.6 is 11.3 Å². The second-order valence-electron chi connectivity index (χ2n) is 5.38. The van der Waals surface area contributed by atoms with E-state index < -0.39 is 6.04 Å². The fourth-order valence-corrected chi connectivity index (χ4v) is 2.89. The molecule has 0 spiro atoms. The summed E-state index contributed by atoms with van der Waals surface area (Å²) in [6, 6.07) is 9.58. The molecule has 1 aromatic heterocycles. The van der Waals surface area contributed by atoms with Gasteiger partial charge in [0.25, 0.3) is 0 Å². The summed E-state index contributed by atoms with van der Waals surface area (Å²) in [4.78, 5) is 17.5. The molecule has 5 heteroatoms. The van der Waals surface area contributed by atoms with Crippen LogP contribution in [0, 0.1) is 12.8 Å². The van der Waals surface area contributed by atoms with Gasteiger partial charge in [0, 0.05) is 10.4 Å². The minimum Gasteiger partial charge on any atom is -0.350 e. The van der Waals surface area contributed by atoms with E-state index in [-0.39, 0.29) is 11.8 Å². The van der Waals surface area contributed by atoms with Crippen molar-refractivity contribution in [2.24, 2.45) is 11.7 Å². The zero-order chi connectivity index (χ0) is 15.4. The van der Waals surface area contributed by atoms with Crippen LogP contribution in [0.5, 0.6) is 0 Å². The molecule has 1 heterocycles. The van der Waals surface area contributed by atoms with Crippen LogP contribution in [0.25, 0.3) is 10.6 Å². The topological polar surface area (TPSA) is 68.0 Å². The van der Waals surface area contributed by atoms with E-state index in [1.54, 1.807) is 11.3 Å². The number of rotatable bonds is 5. The molecule has 1 amide bonds. The smallest absolute Gasteiger partial charge is 0.237 e. The fraction of sp³-hybridized carbons (Fsp3) is 0.375. The highest BCUT2D eigenvalue weighted by molar-refractivity contribution is 7.15. The Morgan fingerprint density at radius 1 is 1.33 bits per heavy atom. The molecule has 4 nitrogen and oxygen atoms in total. The molecule has 0 aliphatic rings. The summed E-state index contributed by atoms with van der Waals surface area (Å²) in [5, 5.41) is 3.87. The van der Waals surface area contributed by atoms with Crippen LogP contribution in [0.15, 0.2) is 30.3 Å². The fourth-order valence-electron chi connectivity index (χ4n) is 1.88. The Balaban J connectivity index is 2.05. The molecule has 112 valence electrons. The number of carbonyl (C=O) groups is 1. The molecule has 1 atom stereocenters. The van der Waals surface area contributed by atoms with Gasteiger partial charge in [0.2, 0.25) is 5.91 Å². The molecular weight excluding hydrogens is 282 g/mol. The first-order chi connectivity index (χ1) is 9.99. The van der Waals surface area contributed by atoms with Crippen molar-refractivity contribution < 1.29 is 4.79 Å². The van der Waals surface area contributed by atoms with Crippen LogP contribution in [0.1, 0.15) is 24.4 Å². The average molecular weight is 303 g/mol. The third-order valence-corrected chi connectivity index (χ3v) is 4.56. The molecule has 0 saturated heterocycles. The number of nitrogens with zero attached hydrogens (tertiary/aromatic N) is 1. The highest BCUT2D eigenvalue weighted by Crippen LogP contribution is 2.27. The van der Waals surface area contributed by atoms with Crippen molar-refractivity contribution in [3.63, 3.8) is 0 Å². The molecule has 0 fully saturated rings. The first-order valence-corrected chi connectivity index (χ1v) is 7.85. The largest absolute Gasteiger partial charge is 0.350 e. The molecule has 3 N–H and O–H groups in total. The summed E-state index contributed by atoms with van der Waals surface area (Å²) in [5.41, 5.74) is 7.89. The lowest BCUT2D eigenvalue weighted by molar-refractivity contribution is -0.123.